The van der Waals surface area contributed by atoms with Crippen molar-refractivity contribution in [2.75, 3.05) is 17.7 Å². The first-order valence-corrected chi connectivity index (χ1v) is 11.3. The molecule has 0 radical (unpaired) electrons. The second-order valence-electron chi connectivity index (χ2n) is 7.45. The summed E-state index contributed by atoms with van der Waals surface area (Å²) in [7, 11) is 0. The van der Waals surface area contributed by atoms with Crippen LogP contribution < -0.4 is 5.32 Å². The van der Waals surface area contributed by atoms with E-state index in [1.54, 1.807) is 30.5 Å². The minimum absolute atomic E-state index is 0.131. The fourth-order valence-electron chi connectivity index (χ4n) is 3.33. The van der Waals surface area contributed by atoms with Gasteiger partial charge in [0.1, 0.15) is 0 Å². The van der Waals surface area contributed by atoms with Gasteiger partial charge in [-0.3, -0.25) is 9.59 Å². The van der Waals surface area contributed by atoms with Crippen molar-refractivity contribution in [3.05, 3.63) is 95.7 Å². The van der Waals surface area contributed by atoms with Gasteiger partial charge in [-0.2, -0.15) is 0 Å². The number of esters is 1. The van der Waals surface area contributed by atoms with Crippen LogP contribution in [0.3, 0.4) is 0 Å². The van der Waals surface area contributed by atoms with Gasteiger partial charge in [-0.15, -0.1) is 11.8 Å². The van der Waals surface area contributed by atoms with Crippen molar-refractivity contribution in [3.8, 4) is 0 Å². The van der Waals surface area contributed by atoms with Crippen LogP contribution in [0.5, 0.6) is 0 Å². The summed E-state index contributed by atoms with van der Waals surface area (Å²) in [5, 5.41) is 3.62. The zero-order valence-corrected chi connectivity index (χ0v) is 18.8. The average Bonchev–Trinajstić information content (AvgIpc) is 3.27. The number of aryl methyl sites for hydroxylation is 1. The van der Waals surface area contributed by atoms with Crippen molar-refractivity contribution >= 4 is 46.0 Å². The number of H-pyrrole nitrogens is 1. The Labute approximate surface area is 195 Å². The lowest BCUT2D eigenvalue weighted by molar-refractivity contribution is -0.113. The van der Waals surface area contributed by atoms with Gasteiger partial charge in [-0.25, -0.2) is 4.79 Å². The minimum Gasteiger partial charge on any atom is -0.454 e. The van der Waals surface area contributed by atoms with Gasteiger partial charge in [0, 0.05) is 33.2 Å². The number of para-hydroxylation sites is 1. The van der Waals surface area contributed by atoms with Crippen molar-refractivity contribution in [1.82, 2.24) is 4.98 Å². The van der Waals surface area contributed by atoms with Gasteiger partial charge >= 0.3 is 5.97 Å². The van der Waals surface area contributed by atoms with Crippen molar-refractivity contribution in [2.24, 2.45) is 0 Å². The Morgan fingerprint density at radius 2 is 1.64 bits per heavy atom. The molecule has 0 fully saturated rings. The standard InChI is InChI=1S/C26H22N2O4S/c1-17-10-12-18(13-11-17)28-25(30)16-33-24-9-5-3-7-20(24)26(31)32-15-23(29)21-14-27-22-8-4-2-6-19(21)22/h2-14,27H,15-16H2,1H3,(H,28,30). The summed E-state index contributed by atoms with van der Waals surface area (Å²) >= 11 is 1.24. The molecule has 6 nitrogen and oxygen atoms in total. The number of Topliss-reactive ketones (excluding diaryl/α,β-unsaturated/α-hetero) is 1. The Kier molecular flexibility index (Phi) is 6.90. The highest BCUT2D eigenvalue weighted by atomic mass is 32.2. The number of aromatic nitrogens is 1. The zero-order chi connectivity index (χ0) is 23.2. The molecular weight excluding hydrogens is 436 g/mol. The first kappa shape index (κ1) is 22.4. The van der Waals surface area contributed by atoms with E-state index >= 15 is 0 Å². The summed E-state index contributed by atoms with van der Waals surface area (Å²) in [6.07, 6.45) is 1.62. The predicted octanol–water partition coefficient (Wildman–Crippen LogP) is 5.25. The van der Waals surface area contributed by atoms with E-state index in [0.29, 0.717) is 16.0 Å². The highest BCUT2D eigenvalue weighted by molar-refractivity contribution is 8.00. The molecule has 0 aliphatic heterocycles. The molecule has 1 aromatic heterocycles. The summed E-state index contributed by atoms with van der Waals surface area (Å²) in [5.41, 5.74) is 3.47. The van der Waals surface area contributed by atoms with E-state index in [1.807, 2.05) is 55.5 Å². The molecule has 2 N–H and O–H groups in total. The molecule has 0 saturated heterocycles. The van der Waals surface area contributed by atoms with Crippen LogP contribution in [-0.4, -0.2) is 35.0 Å². The van der Waals surface area contributed by atoms with Gasteiger partial charge < -0.3 is 15.0 Å². The van der Waals surface area contributed by atoms with Crippen molar-refractivity contribution in [1.29, 1.82) is 0 Å². The molecule has 0 spiro atoms. The third-order valence-corrected chi connectivity index (χ3v) is 6.10. The number of benzene rings is 3. The van der Waals surface area contributed by atoms with Crippen molar-refractivity contribution in [3.63, 3.8) is 0 Å². The first-order valence-electron chi connectivity index (χ1n) is 10.4. The third kappa shape index (κ3) is 5.51. The summed E-state index contributed by atoms with van der Waals surface area (Å²) in [5.74, 6) is -0.943. The molecule has 0 unspecified atom stereocenters. The monoisotopic (exact) mass is 458 g/mol. The zero-order valence-electron chi connectivity index (χ0n) is 18.0. The number of anilines is 1. The number of hydrogen-bond donors (Lipinski definition) is 2. The van der Waals surface area contributed by atoms with Crippen LogP contribution in [0.25, 0.3) is 10.9 Å². The van der Waals surface area contributed by atoms with E-state index in [-0.39, 0.29) is 24.1 Å². The molecule has 0 atom stereocenters. The van der Waals surface area contributed by atoms with Crippen LogP contribution in [0.4, 0.5) is 5.69 Å². The molecule has 1 amide bonds. The predicted molar refractivity (Wildman–Crippen MR) is 130 cm³/mol. The van der Waals surface area contributed by atoms with E-state index in [4.69, 9.17) is 4.74 Å². The maximum Gasteiger partial charge on any atom is 0.339 e. The maximum atomic E-state index is 12.7. The van der Waals surface area contributed by atoms with Crippen molar-refractivity contribution < 1.29 is 19.1 Å². The molecule has 0 bridgehead atoms. The number of ether oxygens (including phenoxy) is 1. The number of amides is 1. The van der Waals surface area contributed by atoms with Gasteiger partial charge in [-0.05, 0) is 37.3 Å². The summed E-state index contributed by atoms with van der Waals surface area (Å²) < 4.78 is 5.30. The summed E-state index contributed by atoms with van der Waals surface area (Å²) in [6.45, 7) is 1.61. The van der Waals surface area contributed by atoms with Gasteiger partial charge in [0.25, 0.3) is 0 Å². The summed E-state index contributed by atoms with van der Waals surface area (Å²) in [4.78, 5) is 41.2. The van der Waals surface area contributed by atoms with Crippen LogP contribution in [0.2, 0.25) is 0 Å². The Balaban J connectivity index is 1.36. The minimum atomic E-state index is -0.606. The number of fused-ring (bicyclic) bond motifs is 1. The lowest BCUT2D eigenvalue weighted by Gasteiger charge is -2.10. The first-order chi connectivity index (χ1) is 16.0. The number of rotatable bonds is 8. The molecule has 0 saturated carbocycles. The van der Waals surface area contributed by atoms with Crippen molar-refractivity contribution in [2.45, 2.75) is 11.8 Å². The highest BCUT2D eigenvalue weighted by Crippen LogP contribution is 2.24. The maximum absolute atomic E-state index is 12.7. The molecular formula is C26H22N2O4S. The van der Waals surface area contributed by atoms with E-state index in [2.05, 4.69) is 10.3 Å². The van der Waals surface area contributed by atoms with Crippen LogP contribution in [0.1, 0.15) is 26.3 Å². The van der Waals surface area contributed by atoms with Gasteiger partial charge in [0.2, 0.25) is 11.7 Å². The number of aromatic amines is 1. The molecule has 33 heavy (non-hydrogen) atoms. The second kappa shape index (κ2) is 10.2. The molecule has 4 aromatic rings. The third-order valence-electron chi connectivity index (χ3n) is 5.03. The lowest BCUT2D eigenvalue weighted by atomic mass is 10.1. The van der Waals surface area contributed by atoms with E-state index in [0.717, 1.165) is 22.2 Å². The smallest absolute Gasteiger partial charge is 0.339 e. The van der Waals surface area contributed by atoms with Gasteiger partial charge in [0.05, 0.1) is 11.3 Å². The SMILES string of the molecule is Cc1ccc(NC(=O)CSc2ccccc2C(=O)OCC(=O)c2c[nH]c3ccccc23)cc1. The van der Waals surface area contributed by atoms with Gasteiger partial charge in [-0.1, -0.05) is 48.0 Å². The number of ketones is 1. The van der Waals surface area contributed by atoms with Crippen LogP contribution in [0.15, 0.2) is 83.9 Å². The Hall–Kier alpha value is -3.84. The molecule has 7 heteroatoms. The second-order valence-corrected chi connectivity index (χ2v) is 8.46. The van der Waals surface area contributed by atoms with Crippen LogP contribution >= 0.6 is 11.8 Å². The normalized spacial score (nSPS) is 10.7. The fraction of sp³-hybridized carbons (Fsp3) is 0.115. The Bertz CT molecular complexity index is 1310. The number of nitrogens with one attached hydrogen (secondary N) is 2. The highest BCUT2D eigenvalue weighted by Gasteiger charge is 2.18. The van der Waals surface area contributed by atoms with Crippen LogP contribution in [0, 0.1) is 6.92 Å². The van der Waals surface area contributed by atoms with E-state index < -0.39 is 5.97 Å². The van der Waals surface area contributed by atoms with Crippen LogP contribution in [-0.2, 0) is 9.53 Å². The largest absolute Gasteiger partial charge is 0.454 e. The molecule has 0 aliphatic rings. The molecule has 4 rings (SSSR count). The number of carbonyl (C=O) groups excluding carboxylic acids is 3. The Morgan fingerprint density at radius 3 is 2.45 bits per heavy atom. The molecule has 0 aliphatic carbocycles. The number of thioether (sulfide) groups is 1. The molecule has 3 aromatic carbocycles. The number of carbonyl (C=O) groups is 3. The molecule has 166 valence electrons. The fourth-order valence-corrected chi connectivity index (χ4v) is 4.17. The molecule has 1 heterocycles. The van der Waals surface area contributed by atoms with E-state index in [9.17, 15) is 14.4 Å². The number of hydrogen-bond acceptors (Lipinski definition) is 5. The summed E-state index contributed by atoms with van der Waals surface area (Å²) in [6, 6.07) is 21.8. The van der Waals surface area contributed by atoms with Gasteiger partial charge in [0.15, 0.2) is 6.61 Å². The lowest BCUT2D eigenvalue weighted by Crippen LogP contribution is -2.16. The Morgan fingerprint density at radius 1 is 0.909 bits per heavy atom. The average molecular weight is 459 g/mol. The topological polar surface area (TPSA) is 88.3 Å². The van der Waals surface area contributed by atoms with E-state index in [1.165, 1.54) is 11.8 Å². The quantitative estimate of drug-likeness (QED) is 0.214.